The van der Waals surface area contributed by atoms with Crippen LogP contribution >= 0.6 is 0 Å². The second kappa shape index (κ2) is 6.34. The molecule has 1 aliphatic heterocycles. The van der Waals surface area contributed by atoms with E-state index in [0.29, 0.717) is 18.7 Å². The Morgan fingerprint density at radius 2 is 2.00 bits per heavy atom. The molecule has 7 heteroatoms. The number of benzene rings is 1. The fourth-order valence-corrected chi connectivity index (χ4v) is 2.28. The van der Waals surface area contributed by atoms with Gasteiger partial charge in [-0.25, -0.2) is 4.79 Å². The molecule has 0 aromatic heterocycles. The monoisotopic (exact) mass is 302 g/mol. The number of urea groups is 1. The zero-order valence-corrected chi connectivity index (χ0v) is 11.4. The Bertz CT molecular complexity index is 488. The molecule has 1 aliphatic rings. The number of hydrogen-bond acceptors (Lipinski definition) is 2. The van der Waals surface area contributed by atoms with Crippen molar-refractivity contribution >= 4 is 11.7 Å². The van der Waals surface area contributed by atoms with Crippen molar-refractivity contribution in [3.05, 3.63) is 29.8 Å². The fraction of sp³-hybridized carbons (Fsp3) is 0.500. The number of β-amino-alcohol motifs (C(OH)–C–C–N with tert-alkyl or cyclic N) is 1. The first kappa shape index (κ1) is 15.6. The van der Waals surface area contributed by atoms with Crippen LogP contribution in [0, 0.1) is 0 Å². The molecule has 0 aliphatic carbocycles. The molecule has 2 rings (SSSR count). The van der Waals surface area contributed by atoms with Crippen molar-refractivity contribution in [3.8, 4) is 0 Å². The highest BCUT2D eigenvalue weighted by molar-refractivity contribution is 5.89. The summed E-state index contributed by atoms with van der Waals surface area (Å²) in [6.07, 6.45) is -4.33. The van der Waals surface area contributed by atoms with Crippen molar-refractivity contribution in [2.24, 2.45) is 0 Å². The number of likely N-dealkylation sites (tertiary alicyclic amines) is 1. The second-order valence-corrected chi connectivity index (χ2v) is 5.16. The van der Waals surface area contributed by atoms with Crippen molar-refractivity contribution in [1.82, 2.24) is 4.90 Å². The van der Waals surface area contributed by atoms with E-state index in [0.717, 1.165) is 6.42 Å². The van der Waals surface area contributed by atoms with Gasteiger partial charge in [0.15, 0.2) is 0 Å². The minimum Gasteiger partial charge on any atom is -0.391 e. The van der Waals surface area contributed by atoms with Crippen LogP contribution < -0.4 is 5.32 Å². The molecular formula is C14H17F3N2O2. The molecule has 116 valence electrons. The molecule has 0 bridgehead atoms. The van der Waals surface area contributed by atoms with Gasteiger partial charge in [0, 0.05) is 18.8 Å². The van der Waals surface area contributed by atoms with Crippen LogP contribution in [-0.4, -0.2) is 41.4 Å². The number of hydrogen-bond donors (Lipinski definition) is 2. The third-order valence-corrected chi connectivity index (χ3v) is 3.29. The maximum Gasteiger partial charge on any atom is 0.393 e. The summed E-state index contributed by atoms with van der Waals surface area (Å²) in [6.45, 7) is 0.840. The van der Waals surface area contributed by atoms with Gasteiger partial charge in [0.2, 0.25) is 0 Å². The van der Waals surface area contributed by atoms with E-state index in [4.69, 9.17) is 0 Å². The van der Waals surface area contributed by atoms with E-state index >= 15 is 0 Å². The Balaban J connectivity index is 1.92. The summed E-state index contributed by atoms with van der Waals surface area (Å²) >= 11 is 0. The lowest BCUT2D eigenvalue weighted by molar-refractivity contribution is -0.127. The molecule has 0 saturated carbocycles. The molecule has 1 heterocycles. The normalized spacial score (nSPS) is 19.4. The maximum atomic E-state index is 12.2. The van der Waals surface area contributed by atoms with Gasteiger partial charge in [0.25, 0.3) is 0 Å². The van der Waals surface area contributed by atoms with E-state index in [1.54, 1.807) is 0 Å². The predicted molar refractivity (Wildman–Crippen MR) is 72.0 cm³/mol. The molecule has 0 unspecified atom stereocenters. The van der Waals surface area contributed by atoms with E-state index < -0.39 is 18.7 Å². The lowest BCUT2D eigenvalue weighted by Crippen LogP contribution is -2.44. The van der Waals surface area contributed by atoms with Crippen LogP contribution in [0.3, 0.4) is 0 Å². The van der Waals surface area contributed by atoms with Crippen LogP contribution in [0.4, 0.5) is 23.7 Å². The summed E-state index contributed by atoms with van der Waals surface area (Å²) in [6, 6.07) is 5.22. The first-order valence-electron chi connectivity index (χ1n) is 6.73. The van der Waals surface area contributed by atoms with Crippen LogP contribution in [0.2, 0.25) is 0 Å². The van der Waals surface area contributed by atoms with Gasteiger partial charge in [-0.05, 0) is 30.5 Å². The zero-order valence-electron chi connectivity index (χ0n) is 11.4. The summed E-state index contributed by atoms with van der Waals surface area (Å²) in [5, 5.41) is 12.1. The first-order chi connectivity index (χ1) is 9.83. The van der Waals surface area contributed by atoms with Crippen molar-refractivity contribution in [2.45, 2.75) is 31.5 Å². The Morgan fingerprint density at radius 1 is 1.33 bits per heavy atom. The SMILES string of the molecule is O=C(Nc1ccc(CC(F)(F)F)cc1)N1CCC[C@@H](O)C1. The van der Waals surface area contributed by atoms with Gasteiger partial charge in [-0.1, -0.05) is 12.1 Å². The number of alkyl halides is 3. The van der Waals surface area contributed by atoms with E-state index in [2.05, 4.69) is 5.32 Å². The minimum absolute atomic E-state index is 0.147. The number of anilines is 1. The molecule has 1 aromatic carbocycles. The number of aliphatic hydroxyl groups excluding tert-OH is 1. The summed E-state index contributed by atoms with van der Waals surface area (Å²) < 4.78 is 36.7. The number of carbonyl (C=O) groups is 1. The number of nitrogens with one attached hydrogen (secondary N) is 1. The van der Waals surface area contributed by atoms with Gasteiger partial charge in [-0.15, -0.1) is 0 Å². The Labute approximate surface area is 120 Å². The summed E-state index contributed by atoms with van der Waals surface area (Å²) in [4.78, 5) is 13.4. The molecule has 1 aromatic rings. The second-order valence-electron chi connectivity index (χ2n) is 5.16. The number of carbonyl (C=O) groups excluding carboxylic acids is 1. The lowest BCUT2D eigenvalue weighted by atomic mass is 10.1. The minimum atomic E-state index is -4.24. The molecule has 4 nitrogen and oxygen atoms in total. The topological polar surface area (TPSA) is 52.6 Å². The summed E-state index contributed by atoms with van der Waals surface area (Å²) in [5.74, 6) is 0. The fourth-order valence-electron chi connectivity index (χ4n) is 2.28. The number of rotatable bonds is 2. The van der Waals surface area contributed by atoms with Crippen LogP contribution in [0.5, 0.6) is 0 Å². The molecule has 1 saturated heterocycles. The molecular weight excluding hydrogens is 285 g/mol. The average molecular weight is 302 g/mol. The lowest BCUT2D eigenvalue weighted by Gasteiger charge is -2.30. The molecule has 0 radical (unpaired) electrons. The standard InChI is InChI=1S/C14H17F3N2O2/c15-14(16,17)8-10-3-5-11(6-4-10)18-13(21)19-7-1-2-12(20)9-19/h3-6,12,20H,1-2,7-9H2,(H,18,21)/t12-/m1/s1. The van der Waals surface area contributed by atoms with Crippen molar-refractivity contribution in [2.75, 3.05) is 18.4 Å². The van der Waals surface area contributed by atoms with Gasteiger partial charge < -0.3 is 15.3 Å². The first-order valence-corrected chi connectivity index (χ1v) is 6.73. The molecule has 1 atom stereocenters. The van der Waals surface area contributed by atoms with Gasteiger partial charge in [-0.2, -0.15) is 13.2 Å². The molecule has 1 fully saturated rings. The van der Waals surface area contributed by atoms with Crippen LogP contribution in [0.1, 0.15) is 18.4 Å². The van der Waals surface area contributed by atoms with Crippen LogP contribution in [0.25, 0.3) is 0 Å². The molecule has 0 spiro atoms. The highest BCUT2D eigenvalue weighted by atomic mass is 19.4. The van der Waals surface area contributed by atoms with Crippen LogP contribution in [0.15, 0.2) is 24.3 Å². The number of aliphatic hydroxyl groups is 1. The third-order valence-electron chi connectivity index (χ3n) is 3.29. The van der Waals surface area contributed by atoms with E-state index in [1.807, 2.05) is 0 Å². The predicted octanol–water partition coefficient (Wildman–Crippen LogP) is 2.78. The van der Waals surface area contributed by atoms with Crippen molar-refractivity contribution in [3.63, 3.8) is 0 Å². The van der Waals surface area contributed by atoms with Gasteiger partial charge in [-0.3, -0.25) is 0 Å². The highest BCUT2D eigenvalue weighted by Crippen LogP contribution is 2.22. The highest BCUT2D eigenvalue weighted by Gasteiger charge is 2.27. The Morgan fingerprint density at radius 3 is 2.57 bits per heavy atom. The van der Waals surface area contributed by atoms with Crippen molar-refractivity contribution < 1.29 is 23.1 Å². The molecule has 2 amide bonds. The Kier molecular flexibility index (Phi) is 4.72. The van der Waals surface area contributed by atoms with Crippen LogP contribution in [-0.2, 0) is 6.42 Å². The quantitative estimate of drug-likeness (QED) is 0.882. The number of nitrogens with zero attached hydrogens (tertiary/aromatic N) is 1. The molecule has 21 heavy (non-hydrogen) atoms. The Hall–Kier alpha value is -1.76. The average Bonchev–Trinajstić information content (AvgIpc) is 2.39. The summed E-state index contributed by atoms with van der Waals surface area (Å²) in [7, 11) is 0. The number of piperidine rings is 1. The van der Waals surface area contributed by atoms with E-state index in [9.17, 15) is 23.1 Å². The summed E-state index contributed by atoms with van der Waals surface area (Å²) in [5.41, 5.74) is 0.583. The number of halogens is 3. The maximum absolute atomic E-state index is 12.2. The van der Waals surface area contributed by atoms with Gasteiger partial charge in [0.1, 0.15) is 0 Å². The van der Waals surface area contributed by atoms with Crippen molar-refractivity contribution in [1.29, 1.82) is 0 Å². The van der Waals surface area contributed by atoms with Gasteiger partial charge >= 0.3 is 12.2 Å². The smallest absolute Gasteiger partial charge is 0.391 e. The largest absolute Gasteiger partial charge is 0.393 e. The number of amides is 2. The van der Waals surface area contributed by atoms with Gasteiger partial charge in [0.05, 0.1) is 12.5 Å². The zero-order chi connectivity index (χ0) is 15.5. The van der Waals surface area contributed by atoms with E-state index in [-0.39, 0.29) is 18.1 Å². The van der Waals surface area contributed by atoms with E-state index in [1.165, 1.54) is 29.2 Å². The molecule has 2 N–H and O–H groups in total. The third kappa shape index (κ3) is 4.93.